The van der Waals surface area contributed by atoms with Crippen molar-refractivity contribution in [2.75, 3.05) is 12.4 Å². The molecule has 3 aromatic rings. The summed E-state index contributed by atoms with van der Waals surface area (Å²) in [6.45, 7) is 1.38. The maximum atomic E-state index is 11.6. The van der Waals surface area contributed by atoms with Gasteiger partial charge in [0.2, 0.25) is 0 Å². The lowest BCUT2D eigenvalue weighted by Gasteiger charge is -2.20. The molecule has 0 spiro atoms. The zero-order chi connectivity index (χ0) is 20.3. The zero-order valence-corrected chi connectivity index (χ0v) is 15.7. The molecule has 144 valence electrons. The van der Waals surface area contributed by atoms with E-state index in [4.69, 9.17) is 4.74 Å². The number of aryl methyl sites for hydroxylation is 1. The number of rotatable bonds is 7. The molecule has 0 aliphatic rings. The molecule has 1 heterocycles. The number of methoxy groups -OCH3 is 1. The highest BCUT2D eigenvalue weighted by Gasteiger charge is 2.23. The van der Waals surface area contributed by atoms with Gasteiger partial charge in [-0.05, 0) is 36.8 Å². The van der Waals surface area contributed by atoms with Crippen LogP contribution in [0.25, 0.3) is 0 Å². The molecule has 28 heavy (non-hydrogen) atoms. The van der Waals surface area contributed by atoms with Gasteiger partial charge in [0.25, 0.3) is 5.69 Å². The second kappa shape index (κ2) is 7.91. The first kappa shape index (κ1) is 19.1. The van der Waals surface area contributed by atoms with E-state index < -0.39 is 11.0 Å². The Morgan fingerprint density at radius 3 is 2.50 bits per heavy atom. The highest BCUT2D eigenvalue weighted by atomic mass is 16.6. The number of anilines is 1. The van der Waals surface area contributed by atoms with Gasteiger partial charge >= 0.3 is 0 Å². The summed E-state index contributed by atoms with van der Waals surface area (Å²) in [5, 5.41) is 14.8. The van der Waals surface area contributed by atoms with Crippen LogP contribution in [-0.4, -0.2) is 27.4 Å². The number of aromatic nitrogens is 2. The zero-order valence-electron chi connectivity index (χ0n) is 15.7. The second-order valence-corrected chi connectivity index (χ2v) is 6.29. The third kappa shape index (κ3) is 3.85. The summed E-state index contributed by atoms with van der Waals surface area (Å²) < 4.78 is 7.05. The lowest BCUT2D eigenvalue weighted by atomic mass is 10.0. The van der Waals surface area contributed by atoms with E-state index in [1.54, 1.807) is 31.6 Å². The minimum absolute atomic E-state index is 0.166. The molecule has 0 aliphatic carbocycles. The third-order valence-electron chi connectivity index (χ3n) is 4.47. The Bertz CT molecular complexity index is 1010. The summed E-state index contributed by atoms with van der Waals surface area (Å²) in [5.41, 5.74) is 1.29. The Hall–Kier alpha value is -3.68. The Morgan fingerprint density at radius 2 is 1.96 bits per heavy atom. The van der Waals surface area contributed by atoms with Crippen molar-refractivity contribution in [3.05, 3.63) is 81.9 Å². The van der Waals surface area contributed by atoms with E-state index in [-0.39, 0.29) is 17.0 Å². The van der Waals surface area contributed by atoms with Crippen LogP contribution in [0.15, 0.2) is 54.9 Å². The smallest absolute Gasteiger partial charge is 0.293 e. The fourth-order valence-corrected chi connectivity index (χ4v) is 2.93. The van der Waals surface area contributed by atoms with Crippen molar-refractivity contribution in [1.82, 2.24) is 9.55 Å². The summed E-state index contributed by atoms with van der Waals surface area (Å²) in [5.74, 6) is 1.17. The average Bonchev–Trinajstić information content (AvgIpc) is 3.11. The standard InChI is InChI=1S/C20H20N4O4/c1-13(25)15-6-9-17(18(12-15)24(26)27)22-19(20-21-10-11-23(20)2)14-4-7-16(28-3)8-5-14/h4-12,19,22H,1-3H3. The predicted octanol–water partition coefficient (Wildman–Crippen LogP) is 3.74. The van der Waals surface area contributed by atoms with Crippen LogP contribution in [0.5, 0.6) is 5.75 Å². The Labute approximate surface area is 161 Å². The molecule has 0 amide bonds. The number of nitrogens with one attached hydrogen (secondary N) is 1. The summed E-state index contributed by atoms with van der Waals surface area (Å²) in [7, 11) is 3.44. The molecule has 0 fully saturated rings. The normalized spacial score (nSPS) is 11.7. The second-order valence-electron chi connectivity index (χ2n) is 6.29. The summed E-state index contributed by atoms with van der Waals surface area (Å²) in [4.78, 5) is 27.1. The minimum atomic E-state index is -0.502. The molecule has 0 saturated carbocycles. The van der Waals surface area contributed by atoms with E-state index in [9.17, 15) is 14.9 Å². The van der Waals surface area contributed by atoms with Crippen LogP contribution in [-0.2, 0) is 7.05 Å². The molecule has 8 nitrogen and oxygen atoms in total. The van der Waals surface area contributed by atoms with Gasteiger partial charge in [0.1, 0.15) is 23.3 Å². The molecule has 0 bridgehead atoms. The topological polar surface area (TPSA) is 99.3 Å². The number of hydrogen-bond acceptors (Lipinski definition) is 6. The number of carbonyl (C=O) groups excluding carboxylic acids is 1. The summed E-state index contributed by atoms with van der Waals surface area (Å²) in [6, 6.07) is 11.4. The third-order valence-corrected chi connectivity index (χ3v) is 4.47. The van der Waals surface area contributed by atoms with Gasteiger partial charge in [-0.25, -0.2) is 4.98 Å². The molecule has 1 N–H and O–H groups in total. The highest BCUT2D eigenvalue weighted by Crippen LogP contribution is 2.32. The van der Waals surface area contributed by atoms with Crippen LogP contribution >= 0.6 is 0 Å². The fraction of sp³-hybridized carbons (Fsp3) is 0.200. The molecular weight excluding hydrogens is 360 g/mol. The molecule has 0 saturated heterocycles. The maximum Gasteiger partial charge on any atom is 0.293 e. The molecule has 1 aromatic heterocycles. The monoisotopic (exact) mass is 380 g/mol. The lowest BCUT2D eigenvalue weighted by Crippen LogP contribution is -2.17. The van der Waals surface area contributed by atoms with Crippen molar-refractivity contribution < 1.29 is 14.5 Å². The number of ketones is 1. The van der Waals surface area contributed by atoms with Crippen molar-refractivity contribution in [3.63, 3.8) is 0 Å². The van der Waals surface area contributed by atoms with Crippen LogP contribution in [0.3, 0.4) is 0 Å². The van der Waals surface area contributed by atoms with Gasteiger partial charge in [-0.1, -0.05) is 12.1 Å². The van der Waals surface area contributed by atoms with Crippen LogP contribution in [0.4, 0.5) is 11.4 Å². The number of nitro benzene ring substituents is 1. The molecule has 1 atom stereocenters. The largest absolute Gasteiger partial charge is 0.497 e. The first-order valence-corrected chi connectivity index (χ1v) is 8.57. The number of ether oxygens (including phenoxy) is 1. The van der Waals surface area contributed by atoms with Crippen molar-refractivity contribution in [3.8, 4) is 5.75 Å². The van der Waals surface area contributed by atoms with E-state index in [1.807, 2.05) is 35.9 Å². The van der Waals surface area contributed by atoms with Gasteiger partial charge in [0.15, 0.2) is 5.78 Å². The average molecular weight is 380 g/mol. The SMILES string of the molecule is COc1ccc(C(Nc2ccc(C(C)=O)cc2[N+](=O)[O-])c2nccn2C)cc1. The van der Waals surface area contributed by atoms with Gasteiger partial charge in [-0.2, -0.15) is 0 Å². The molecular formula is C20H20N4O4. The van der Waals surface area contributed by atoms with Gasteiger partial charge in [0, 0.05) is 31.1 Å². The number of nitrogens with zero attached hydrogens (tertiary/aromatic N) is 3. The van der Waals surface area contributed by atoms with Crippen molar-refractivity contribution in [2.24, 2.45) is 7.05 Å². The Kier molecular flexibility index (Phi) is 5.39. The number of benzene rings is 2. The maximum absolute atomic E-state index is 11.6. The number of imidazole rings is 1. The van der Waals surface area contributed by atoms with E-state index in [1.165, 1.54) is 13.0 Å². The summed E-state index contributed by atoms with van der Waals surface area (Å²) >= 11 is 0. The number of Topliss-reactive ketones (excluding diaryl/α,β-unsaturated/α-hetero) is 1. The van der Waals surface area contributed by atoms with E-state index in [0.717, 1.165) is 5.56 Å². The van der Waals surface area contributed by atoms with Gasteiger partial charge in [0.05, 0.1) is 12.0 Å². The van der Waals surface area contributed by atoms with Crippen LogP contribution in [0.2, 0.25) is 0 Å². The molecule has 2 aromatic carbocycles. The summed E-state index contributed by atoms with van der Waals surface area (Å²) in [6.07, 6.45) is 3.47. The first-order valence-electron chi connectivity index (χ1n) is 8.57. The first-order chi connectivity index (χ1) is 13.4. The number of nitro groups is 1. The van der Waals surface area contributed by atoms with Gasteiger partial charge in [-0.15, -0.1) is 0 Å². The number of carbonyl (C=O) groups is 1. The predicted molar refractivity (Wildman–Crippen MR) is 105 cm³/mol. The van der Waals surface area contributed by atoms with Gasteiger partial charge in [-0.3, -0.25) is 14.9 Å². The Balaban J connectivity index is 2.06. The lowest BCUT2D eigenvalue weighted by molar-refractivity contribution is -0.384. The molecule has 0 radical (unpaired) electrons. The minimum Gasteiger partial charge on any atom is -0.497 e. The van der Waals surface area contributed by atoms with E-state index in [2.05, 4.69) is 10.3 Å². The fourth-order valence-electron chi connectivity index (χ4n) is 2.93. The molecule has 1 unspecified atom stereocenters. The molecule has 8 heteroatoms. The Morgan fingerprint density at radius 1 is 1.25 bits per heavy atom. The number of hydrogen-bond donors (Lipinski definition) is 1. The van der Waals surface area contributed by atoms with Crippen molar-refractivity contribution in [1.29, 1.82) is 0 Å². The van der Waals surface area contributed by atoms with Crippen molar-refractivity contribution in [2.45, 2.75) is 13.0 Å². The molecule has 0 aliphatic heterocycles. The van der Waals surface area contributed by atoms with E-state index >= 15 is 0 Å². The highest BCUT2D eigenvalue weighted by molar-refractivity contribution is 5.95. The van der Waals surface area contributed by atoms with Crippen LogP contribution < -0.4 is 10.1 Å². The van der Waals surface area contributed by atoms with E-state index in [0.29, 0.717) is 17.3 Å². The van der Waals surface area contributed by atoms with Gasteiger partial charge < -0.3 is 14.6 Å². The molecule has 3 rings (SSSR count). The quantitative estimate of drug-likeness (QED) is 0.381. The van der Waals surface area contributed by atoms with Crippen molar-refractivity contribution >= 4 is 17.2 Å². The van der Waals surface area contributed by atoms with Crippen LogP contribution in [0, 0.1) is 10.1 Å². The van der Waals surface area contributed by atoms with Crippen LogP contribution in [0.1, 0.15) is 34.7 Å².